The van der Waals surface area contributed by atoms with Gasteiger partial charge in [0.25, 0.3) is 5.70 Å². The zero-order chi connectivity index (χ0) is 19.8. The second-order valence-corrected chi connectivity index (χ2v) is 6.75. The van der Waals surface area contributed by atoms with Gasteiger partial charge in [0, 0.05) is 30.5 Å². The number of nitro groups is 1. The Balaban J connectivity index is 2.32. The molecule has 2 unspecified atom stereocenters. The summed E-state index contributed by atoms with van der Waals surface area (Å²) in [6.07, 6.45) is 1.74. The summed E-state index contributed by atoms with van der Waals surface area (Å²) in [6, 6.07) is 12.5. The molecule has 1 aromatic rings. The van der Waals surface area contributed by atoms with E-state index in [1.165, 1.54) is 0 Å². The van der Waals surface area contributed by atoms with Crippen molar-refractivity contribution in [2.75, 3.05) is 20.1 Å². The van der Waals surface area contributed by atoms with Crippen molar-refractivity contribution >= 4 is 0 Å². The van der Waals surface area contributed by atoms with Crippen molar-refractivity contribution < 1.29 is 4.92 Å². The SMILES string of the molecule is CN1CC=C2C([N+](=O)[O-])=C(N)C(C#N)(C#N)C(c3ccc(C#N)cc3)C2C1. The van der Waals surface area contributed by atoms with Crippen molar-refractivity contribution in [1.29, 1.82) is 15.8 Å². The lowest BCUT2D eigenvalue weighted by Gasteiger charge is -2.43. The molecule has 8 heteroatoms. The van der Waals surface area contributed by atoms with Crippen LogP contribution in [0.5, 0.6) is 0 Å². The highest BCUT2D eigenvalue weighted by molar-refractivity contribution is 5.53. The normalized spacial score (nSPS) is 24.0. The van der Waals surface area contributed by atoms with Crippen LogP contribution in [0.4, 0.5) is 0 Å². The summed E-state index contributed by atoms with van der Waals surface area (Å²) < 4.78 is 0. The maximum absolute atomic E-state index is 11.7. The molecule has 0 saturated heterocycles. The number of allylic oxidation sites excluding steroid dienone is 2. The first-order valence-corrected chi connectivity index (χ1v) is 8.25. The first-order valence-electron chi connectivity index (χ1n) is 8.25. The molecule has 1 heterocycles. The summed E-state index contributed by atoms with van der Waals surface area (Å²) in [5, 5.41) is 40.5. The minimum absolute atomic E-state index is 0.320. The molecule has 1 aliphatic carbocycles. The highest BCUT2D eigenvalue weighted by Crippen LogP contribution is 2.54. The molecule has 27 heavy (non-hydrogen) atoms. The molecule has 2 aliphatic rings. The Morgan fingerprint density at radius 2 is 1.89 bits per heavy atom. The molecule has 8 nitrogen and oxygen atoms in total. The lowest BCUT2D eigenvalue weighted by atomic mass is 9.59. The molecule has 0 saturated carbocycles. The number of likely N-dealkylation sites (N-methyl/N-ethyl adjacent to an activating group) is 1. The van der Waals surface area contributed by atoms with Gasteiger partial charge < -0.3 is 10.6 Å². The van der Waals surface area contributed by atoms with Crippen molar-refractivity contribution in [2.24, 2.45) is 17.1 Å². The van der Waals surface area contributed by atoms with Crippen molar-refractivity contribution in [2.45, 2.75) is 5.92 Å². The number of hydrogen-bond donors (Lipinski definition) is 1. The second kappa shape index (κ2) is 6.57. The summed E-state index contributed by atoms with van der Waals surface area (Å²) >= 11 is 0. The largest absolute Gasteiger partial charge is 0.394 e. The third-order valence-corrected chi connectivity index (χ3v) is 5.29. The second-order valence-electron chi connectivity index (χ2n) is 6.75. The Morgan fingerprint density at radius 1 is 1.26 bits per heavy atom. The Labute approximate surface area is 156 Å². The zero-order valence-electron chi connectivity index (χ0n) is 14.6. The van der Waals surface area contributed by atoms with E-state index in [4.69, 9.17) is 11.0 Å². The van der Waals surface area contributed by atoms with Gasteiger partial charge in [-0.1, -0.05) is 18.2 Å². The molecule has 2 N–H and O–H groups in total. The predicted molar refractivity (Wildman–Crippen MR) is 94.8 cm³/mol. The lowest BCUT2D eigenvalue weighted by molar-refractivity contribution is -0.424. The standard InChI is InChI=1S/C19H16N6O2/c1-24-7-6-14-15(9-24)16(13-4-2-12(8-20)3-5-13)19(10-21,11-22)18(23)17(14)25(26)27/h2-6,15-16H,7,9,23H2,1H3. The van der Waals surface area contributed by atoms with Gasteiger partial charge in [0.1, 0.15) is 5.70 Å². The predicted octanol–water partition coefficient (Wildman–Crippen LogP) is 1.62. The van der Waals surface area contributed by atoms with Gasteiger partial charge in [0.15, 0.2) is 5.41 Å². The van der Waals surface area contributed by atoms with Crippen molar-refractivity contribution in [1.82, 2.24) is 4.90 Å². The fraction of sp³-hybridized carbons (Fsp3) is 0.316. The molecular weight excluding hydrogens is 344 g/mol. The maximum Gasteiger partial charge on any atom is 0.293 e. The minimum Gasteiger partial charge on any atom is -0.394 e. The van der Waals surface area contributed by atoms with E-state index >= 15 is 0 Å². The lowest BCUT2D eigenvalue weighted by Crippen LogP contribution is -2.48. The summed E-state index contributed by atoms with van der Waals surface area (Å²) in [7, 11) is 1.87. The molecule has 3 rings (SSSR count). The van der Waals surface area contributed by atoms with Crippen LogP contribution in [-0.4, -0.2) is 30.0 Å². The van der Waals surface area contributed by atoms with Crippen LogP contribution >= 0.6 is 0 Å². The van der Waals surface area contributed by atoms with E-state index in [9.17, 15) is 20.6 Å². The molecule has 1 aromatic carbocycles. The average Bonchev–Trinajstić information content (AvgIpc) is 2.67. The minimum atomic E-state index is -1.86. The van der Waals surface area contributed by atoms with Crippen LogP contribution in [0.2, 0.25) is 0 Å². The van der Waals surface area contributed by atoms with Crippen LogP contribution in [0.1, 0.15) is 17.0 Å². The summed E-state index contributed by atoms with van der Waals surface area (Å²) in [4.78, 5) is 13.1. The van der Waals surface area contributed by atoms with Gasteiger partial charge in [-0.3, -0.25) is 10.1 Å². The van der Waals surface area contributed by atoms with E-state index in [1.54, 1.807) is 30.3 Å². The Hall–Kier alpha value is -3.67. The van der Waals surface area contributed by atoms with E-state index in [1.807, 2.05) is 30.2 Å². The molecule has 0 aromatic heterocycles. The third kappa shape index (κ3) is 2.62. The van der Waals surface area contributed by atoms with Gasteiger partial charge in [-0.2, -0.15) is 15.8 Å². The molecule has 134 valence electrons. The van der Waals surface area contributed by atoms with Gasteiger partial charge in [-0.05, 0) is 24.7 Å². The monoisotopic (exact) mass is 360 g/mol. The van der Waals surface area contributed by atoms with Crippen LogP contribution in [0.3, 0.4) is 0 Å². The first-order chi connectivity index (χ1) is 12.9. The third-order valence-electron chi connectivity index (χ3n) is 5.29. The number of benzene rings is 1. The molecular formula is C19H16N6O2. The maximum atomic E-state index is 11.7. The number of nitrogens with zero attached hydrogens (tertiary/aromatic N) is 5. The van der Waals surface area contributed by atoms with Gasteiger partial charge >= 0.3 is 0 Å². The van der Waals surface area contributed by atoms with E-state index in [-0.39, 0.29) is 11.4 Å². The number of nitrogens with two attached hydrogens (primary N) is 1. The molecule has 0 amide bonds. The van der Waals surface area contributed by atoms with E-state index < -0.39 is 22.2 Å². The fourth-order valence-electron chi connectivity index (χ4n) is 4.02. The van der Waals surface area contributed by atoms with Crippen LogP contribution in [-0.2, 0) is 0 Å². The summed E-state index contributed by atoms with van der Waals surface area (Å²) in [5.74, 6) is -1.12. The number of nitriles is 3. The van der Waals surface area contributed by atoms with Gasteiger partial charge in [-0.25, -0.2) is 0 Å². The topological polar surface area (TPSA) is 144 Å². The Morgan fingerprint density at radius 3 is 2.41 bits per heavy atom. The van der Waals surface area contributed by atoms with E-state index in [0.717, 1.165) is 0 Å². The first kappa shape index (κ1) is 18.1. The Bertz CT molecular complexity index is 973. The molecule has 2 atom stereocenters. The average molecular weight is 360 g/mol. The van der Waals surface area contributed by atoms with Crippen molar-refractivity contribution in [3.05, 3.63) is 68.5 Å². The van der Waals surface area contributed by atoms with E-state index in [0.29, 0.717) is 29.8 Å². The molecule has 0 radical (unpaired) electrons. The van der Waals surface area contributed by atoms with Crippen LogP contribution in [0, 0.1) is 55.4 Å². The van der Waals surface area contributed by atoms with Gasteiger partial charge in [0.05, 0.1) is 28.7 Å². The smallest absolute Gasteiger partial charge is 0.293 e. The van der Waals surface area contributed by atoms with Crippen LogP contribution in [0.25, 0.3) is 0 Å². The number of fused-ring (bicyclic) bond motifs is 1. The summed E-state index contributed by atoms with van der Waals surface area (Å²) in [6.45, 7) is 0.967. The molecule has 0 spiro atoms. The van der Waals surface area contributed by atoms with E-state index in [2.05, 4.69) is 0 Å². The highest BCUT2D eigenvalue weighted by Gasteiger charge is 2.57. The van der Waals surface area contributed by atoms with Crippen molar-refractivity contribution in [3.63, 3.8) is 0 Å². The quantitative estimate of drug-likeness (QED) is 0.623. The van der Waals surface area contributed by atoms with Gasteiger partial charge in [-0.15, -0.1) is 0 Å². The van der Waals surface area contributed by atoms with Crippen LogP contribution < -0.4 is 5.73 Å². The number of rotatable bonds is 2. The fourth-order valence-corrected chi connectivity index (χ4v) is 4.02. The van der Waals surface area contributed by atoms with Gasteiger partial charge in [0.2, 0.25) is 0 Å². The molecule has 0 bridgehead atoms. The van der Waals surface area contributed by atoms with Crippen LogP contribution in [0.15, 0.2) is 47.3 Å². The summed E-state index contributed by atoms with van der Waals surface area (Å²) in [5.41, 5.74) is 5.13. The highest BCUT2D eigenvalue weighted by atomic mass is 16.6. The molecule has 0 fully saturated rings. The molecule has 1 aliphatic heterocycles. The zero-order valence-corrected chi connectivity index (χ0v) is 14.6. The number of hydrogen-bond acceptors (Lipinski definition) is 7. The Kier molecular flexibility index (Phi) is 4.41. The van der Waals surface area contributed by atoms with Crippen molar-refractivity contribution in [3.8, 4) is 18.2 Å².